The molecule has 5 nitrogen and oxygen atoms in total. The summed E-state index contributed by atoms with van der Waals surface area (Å²) in [7, 11) is 1.54. The fourth-order valence-corrected chi connectivity index (χ4v) is 5.25. The number of halogens is 3. The fraction of sp³-hybridized carbons (Fsp3) is 0.417. The average molecular weight is 481 g/mol. The molecule has 0 radical (unpaired) electrons. The van der Waals surface area contributed by atoms with Gasteiger partial charge in [0.05, 0.1) is 18.0 Å². The molecule has 2 amide bonds. The number of methoxy groups -OCH3 is 1. The minimum Gasteiger partial charge on any atom is -0.497 e. The zero-order valence-corrected chi connectivity index (χ0v) is 19.7. The van der Waals surface area contributed by atoms with Gasteiger partial charge in [-0.1, -0.05) is 32.9 Å². The van der Waals surface area contributed by atoms with E-state index in [4.69, 9.17) is 4.74 Å². The zero-order valence-electron chi connectivity index (χ0n) is 18.9. The second kappa shape index (κ2) is 9.67. The van der Waals surface area contributed by atoms with E-state index in [1.807, 2.05) is 20.8 Å². The first kappa shape index (κ1) is 25.0. The molecular weight excluding hydrogens is 453 g/mol. The van der Waals surface area contributed by atoms with Crippen molar-refractivity contribution in [2.24, 2.45) is 5.41 Å². The number of rotatable bonds is 5. The van der Waals surface area contributed by atoms with Crippen LogP contribution in [0.1, 0.15) is 42.3 Å². The van der Waals surface area contributed by atoms with Crippen LogP contribution in [0.25, 0.3) is 0 Å². The Bertz CT molecular complexity index is 1000. The molecule has 2 aromatic rings. The summed E-state index contributed by atoms with van der Waals surface area (Å²) in [6.07, 6.45) is -4.45. The van der Waals surface area contributed by atoms with Crippen LogP contribution >= 0.6 is 11.8 Å². The molecule has 1 aliphatic rings. The standard InChI is InChI=1S/C24H27F3N2O3S/c1-23(2,3)22-29(21(31)16-8-10-18(32-4)11-9-16)19(14-33-22)20(30)28-13-15-6-5-7-17(12-15)24(25,26)27/h5-12,19,22H,13-14H2,1-4H3,(H,28,30). The summed E-state index contributed by atoms with van der Waals surface area (Å²) in [5, 5.41) is 2.47. The Morgan fingerprint density at radius 2 is 1.79 bits per heavy atom. The SMILES string of the molecule is COc1ccc(C(=O)N2C(C(=O)NCc3cccc(C(F)(F)F)c3)CSC2C(C)(C)C)cc1. The van der Waals surface area contributed by atoms with E-state index in [0.717, 1.165) is 12.1 Å². The van der Waals surface area contributed by atoms with Crippen LogP contribution in [0.3, 0.4) is 0 Å². The number of nitrogens with one attached hydrogen (secondary N) is 1. The molecule has 178 valence electrons. The van der Waals surface area contributed by atoms with Crippen LogP contribution in [0.5, 0.6) is 5.75 Å². The molecule has 3 rings (SSSR count). The van der Waals surface area contributed by atoms with Gasteiger partial charge in [-0.3, -0.25) is 9.59 Å². The van der Waals surface area contributed by atoms with Crippen molar-refractivity contribution in [3.8, 4) is 5.75 Å². The van der Waals surface area contributed by atoms with Gasteiger partial charge < -0.3 is 15.0 Å². The maximum atomic E-state index is 13.4. The molecule has 1 N–H and O–H groups in total. The van der Waals surface area contributed by atoms with Crippen molar-refractivity contribution in [1.29, 1.82) is 0 Å². The number of carbonyl (C=O) groups is 2. The Balaban J connectivity index is 1.79. The Morgan fingerprint density at radius 1 is 1.12 bits per heavy atom. The number of hydrogen-bond donors (Lipinski definition) is 1. The highest BCUT2D eigenvalue weighted by Gasteiger charge is 2.46. The van der Waals surface area contributed by atoms with Gasteiger partial charge in [-0.2, -0.15) is 13.2 Å². The van der Waals surface area contributed by atoms with E-state index >= 15 is 0 Å². The maximum absolute atomic E-state index is 13.4. The molecule has 0 spiro atoms. The lowest BCUT2D eigenvalue weighted by atomic mass is 9.94. The molecule has 9 heteroatoms. The third-order valence-corrected chi connectivity index (χ3v) is 7.09. The lowest BCUT2D eigenvalue weighted by Crippen LogP contribution is -2.52. The Labute approximate surface area is 195 Å². The van der Waals surface area contributed by atoms with E-state index in [2.05, 4.69) is 5.32 Å². The fourth-order valence-electron chi connectivity index (χ4n) is 3.67. The van der Waals surface area contributed by atoms with Crippen molar-refractivity contribution in [2.75, 3.05) is 12.9 Å². The second-order valence-electron chi connectivity index (χ2n) is 8.92. The number of amides is 2. The highest BCUT2D eigenvalue weighted by molar-refractivity contribution is 8.00. The number of alkyl halides is 3. The first-order chi connectivity index (χ1) is 15.4. The number of benzene rings is 2. The molecule has 0 aromatic heterocycles. The van der Waals surface area contributed by atoms with E-state index in [9.17, 15) is 22.8 Å². The summed E-state index contributed by atoms with van der Waals surface area (Å²) in [5.74, 6) is 0.346. The minimum atomic E-state index is -4.45. The topological polar surface area (TPSA) is 58.6 Å². The predicted molar refractivity (Wildman–Crippen MR) is 122 cm³/mol. The molecule has 1 saturated heterocycles. The molecule has 1 heterocycles. The van der Waals surface area contributed by atoms with E-state index < -0.39 is 23.7 Å². The van der Waals surface area contributed by atoms with Crippen molar-refractivity contribution in [2.45, 2.75) is 44.9 Å². The normalized spacial score (nSPS) is 18.8. The first-order valence-corrected chi connectivity index (χ1v) is 11.5. The summed E-state index contributed by atoms with van der Waals surface area (Å²) < 4.78 is 44.1. The lowest BCUT2D eigenvalue weighted by molar-refractivity contribution is -0.137. The van der Waals surface area contributed by atoms with Crippen LogP contribution in [0.4, 0.5) is 13.2 Å². The van der Waals surface area contributed by atoms with Crippen molar-refractivity contribution in [1.82, 2.24) is 10.2 Å². The van der Waals surface area contributed by atoms with Crippen LogP contribution in [-0.2, 0) is 17.5 Å². The quantitative estimate of drug-likeness (QED) is 0.657. The summed E-state index contributed by atoms with van der Waals surface area (Å²) in [4.78, 5) is 28.1. The largest absolute Gasteiger partial charge is 0.497 e. The predicted octanol–water partition coefficient (Wildman–Crippen LogP) is 4.96. The van der Waals surface area contributed by atoms with Gasteiger partial charge in [0.2, 0.25) is 5.91 Å². The number of carbonyl (C=O) groups excluding carboxylic acids is 2. The summed E-state index contributed by atoms with van der Waals surface area (Å²) in [5.41, 5.74) is -0.287. The number of hydrogen-bond acceptors (Lipinski definition) is 4. The van der Waals surface area contributed by atoms with Gasteiger partial charge in [-0.15, -0.1) is 11.8 Å². The van der Waals surface area contributed by atoms with Crippen LogP contribution < -0.4 is 10.1 Å². The highest BCUT2D eigenvalue weighted by atomic mass is 32.2. The van der Waals surface area contributed by atoms with Crippen LogP contribution in [-0.4, -0.2) is 41.0 Å². The zero-order chi connectivity index (χ0) is 24.4. The second-order valence-corrected chi connectivity index (χ2v) is 10.0. The van der Waals surface area contributed by atoms with Gasteiger partial charge in [-0.25, -0.2) is 0 Å². The molecule has 33 heavy (non-hydrogen) atoms. The molecule has 1 fully saturated rings. The van der Waals surface area contributed by atoms with Crippen molar-refractivity contribution >= 4 is 23.6 Å². The minimum absolute atomic E-state index is 0.0608. The lowest BCUT2D eigenvalue weighted by Gasteiger charge is -2.36. The highest BCUT2D eigenvalue weighted by Crippen LogP contribution is 2.41. The van der Waals surface area contributed by atoms with Gasteiger partial charge in [0.15, 0.2) is 0 Å². The van der Waals surface area contributed by atoms with Gasteiger partial charge in [0.25, 0.3) is 5.91 Å². The molecule has 1 aliphatic heterocycles. The Kier molecular flexibility index (Phi) is 7.31. The number of ether oxygens (including phenoxy) is 1. The van der Waals surface area contributed by atoms with Crippen LogP contribution in [0, 0.1) is 5.41 Å². The number of thioether (sulfide) groups is 1. The molecule has 2 unspecified atom stereocenters. The van der Waals surface area contributed by atoms with E-state index in [-0.39, 0.29) is 23.2 Å². The van der Waals surface area contributed by atoms with Crippen molar-refractivity contribution in [3.63, 3.8) is 0 Å². The molecular formula is C24H27F3N2O3S. The van der Waals surface area contributed by atoms with E-state index in [1.165, 1.54) is 31.0 Å². The Morgan fingerprint density at radius 3 is 2.36 bits per heavy atom. The van der Waals surface area contributed by atoms with E-state index in [1.54, 1.807) is 29.2 Å². The molecule has 0 aliphatic carbocycles. The molecule has 0 saturated carbocycles. The average Bonchev–Trinajstić information content (AvgIpc) is 3.22. The summed E-state index contributed by atoms with van der Waals surface area (Å²) in [6, 6.07) is 10.8. The third kappa shape index (κ3) is 5.82. The van der Waals surface area contributed by atoms with Crippen molar-refractivity contribution in [3.05, 3.63) is 65.2 Å². The smallest absolute Gasteiger partial charge is 0.416 e. The maximum Gasteiger partial charge on any atom is 0.416 e. The van der Waals surface area contributed by atoms with Gasteiger partial charge in [0.1, 0.15) is 11.8 Å². The summed E-state index contributed by atoms with van der Waals surface area (Å²) in [6.45, 7) is 5.94. The Hall–Kier alpha value is -2.68. The third-order valence-electron chi connectivity index (χ3n) is 5.34. The first-order valence-electron chi connectivity index (χ1n) is 10.4. The van der Waals surface area contributed by atoms with Crippen LogP contribution in [0.2, 0.25) is 0 Å². The summed E-state index contributed by atoms with van der Waals surface area (Å²) >= 11 is 1.52. The van der Waals surface area contributed by atoms with Crippen LogP contribution in [0.15, 0.2) is 48.5 Å². The van der Waals surface area contributed by atoms with E-state index in [0.29, 0.717) is 22.6 Å². The molecule has 0 bridgehead atoms. The van der Waals surface area contributed by atoms with Gasteiger partial charge in [-0.05, 0) is 47.4 Å². The number of nitrogens with zero attached hydrogens (tertiary/aromatic N) is 1. The van der Waals surface area contributed by atoms with Gasteiger partial charge >= 0.3 is 6.18 Å². The molecule has 2 atom stereocenters. The van der Waals surface area contributed by atoms with Crippen molar-refractivity contribution < 1.29 is 27.5 Å². The monoisotopic (exact) mass is 480 g/mol. The molecule has 2 aromatic carbocycles. The van der Waals surface area contributed by atoms with Gasteiger partial charge in [0, 0.05) is 17.9 Å².